The predicted molar refractivity (Wildman–Crippen MR) is 94.8 cm³/mol. The van der Waals surface area contributed by atoms with E-state index in [-0.39, 0.29) is 12.6 Å². The summed E-state index contributed by atoms with van der Waals surface area (Å²) in [7, 11) is -0.427. The van der Waals surface area contributed by atoms with Gasteiger partial charge in [0, 0.05) is 19.7 Å². The van der Waals surface area contributed by atoms with Gasteiger partial charge in [-0.05, 0) is 46.2 Å². The van der Waals surface area contributed by atoms with E-state index in [9.17, 15) is 0 Å². The van der Waals surface area contributed by atoms with Crippen LogP contribution in [0.5, 0.6) is 0 Å². The van der Waals surface area contributed by atoms with Gasteiger partial charge in [-0.1, -0.05) is 0 Å². The lowest BCUT2D eigenvalue weighted by Gasteiger charge is -2.34. The van der Waals surface area contributed by atoms with E-state index in [1.807, 2.05) is 20.8 Å². The maximum atomic E-state index is 8.72. The van der Waals surface area contributed by atoms with Gasteiger partial charge in [-0.25, -0.2) is 0 Å². The smallest absolute Gasteiger partial charge is 0.400 e. The van der Waals surface area contributed by atoms with Crippen molar-refractivity contribution in [2.45, 2.75) is 51.9 Å². The summed E-state index contributed by atoms with van der Waals surface area (Å²) in [6.45, 7) is 8.28. The number of rotatable bonds is 17. The monoisotopic (exact) mass is 368 g/mol. The molecule has 0 spiro atoms. The van der Waals surface area contributed by atoms with E-state index >= 15 is 0 Å². The normalized spacial score (nSPS) is 14.8. The average Bonchev–Trinajstić information content (AvgIpc) is 2.56. The Hall–Kier alpha value is -0.103. The van der Waals surface area contributed by atoms with Gasteiger partial charge in [0.25, 0.3) is 0 Å². The average molecular weight is 369 g/mol. The fraction of sp³-hybridized carbons (Fsp3) is 1.00. The molecule has 0 aromatic rings. The Balaban J connectivity index is 4.41. The van der Waals surface area contributed by atoms with Gasteiger partial charge in [-0.15, -0.1) is 0 Å². The fourth-order valence-corrected chi connectivity index (χ4v) is 3.81. The summed E-state index contributed by atoms with van der Waals surface area (Å²) in [6, 6.07) is 0.776. The molecule has 2 unspecified atom stereocenters. The van der Waals surface area contributed by atoms with Crippen molar-refractivity contribution >= 4 is 9.28 Å². The lowest BCUT2D eigenvalue weighted by Crippen LogP contribution is -2.47. The van der Waals surface area contributed by atoms with E-state index in [1.165, 1.54) is 0 Å². The minimum Gasteiger partial charge on any atom is -0.400 e. The van der Waals surface area contributed by atoms with Crippen LogP contribution in [0.25, 0.3) is 0 Å². The van der Waals surface area contributed by atoms with Gasteiger partial charge in [0.05, 0.1) is 26.4 Å². The maximum absolute atomic E-state index is 8.72. The number of hydrogen-bond donors (Lipinski definition) is 3. The summed E-state index contributed by atoms with van der Waals surface area (Å²) < 4.78 is 28.2. The summed E-state index contributed by atoms with van der Waals surface area (Å²) >= 11 is 0. The first kappa shape index (κ1) is 23.9. The van der Waals surface area contributed by atoms with Crippen molar-refractivity contribution in [3.05, 3.63) is 0 Å². The molecule has 0 saturated heterocycles. The number of ether oxygens (including phenoxy) is 3. The van der Waals surface area contributed by atoms with Crippen LogP contribution in [0.2, 0.25) is 6.04 Å². The van der Waals surface area contributed by atoms with Crippen molar-refractivity contribution in [1.29, 1.82) is 0 Å². The molecule has 0 aromatic heterocycles. The van der Waals surface area contributed by atoms with Crippen LogP contribution in [-0.4, -0.2) is 73.2 Å². The van der Waals surface area contributed by atoms with Crippen molar-refractivity contribution in [3.63, 3.8) is 0 Å². The largest absolute Gasteiger partial charge is 0.404 e. The Bertz CT molecular complexity index is 272. The Labute approximate surface area is 147 Å². The van der Waals surface area contributed by atoms with Crippen LogP contribution in [0.3, 0.4) is 0 Å². The Kier molecular flexibility index (Phi) is 15.1. The second-order valence-electron chi connectivity index (χ2n) is 5.18. The van der Waals surface area contributed by atoms with Crippen molar-refractivity contribution < 1.29 is 28.2 Å². The summed E-state index contributed by atoms with van der Waals surface area (Å²) in [6.07, 6.45) is 0.127. The number of nitrogens with one attached hydrogen (secondary N) is 1. The molecule has 0 heterocycles. The van der Waals surface area contributed by atoms with Crippen LogP contribution >= 0.6 is 0 Å². The van der Waals surface area contributed by atoms with E-state index in [2.05, 4.69) is 5.32 Å². The quantitative estimate of drug-likeness (QED) is 0.191. The predicted octanol–water partition coefficient (Wildman–Crippen LogP) is 0.280. The highest BCUT2D eigenvalue weighted by molar-refractivity contribution is 6.44. The molecular formula is C15H36N2O6Si. The van der Waals surface area contributed by atoms with Crippen LogP contribution in [0.1, 0.15) is 33.6 Å². The van der Waals surface area contributed by atoms with Crippen LogP contribution in [0.4, 0.5) is 0 Å². The molecule has 146 valence electrons. The summed E-state index contributed by atoms with van der Waals surface area (Å²) in [5, 5.41) is 11.8. The molecule has 24 heavy (non-hydrogen) atoms. The highest BCUT2D eigenvalue weighted by Gasteiger charge is 2.38. The van der Waals surface area contributed by atoms with Crippen LogP contribution in [0, 0.1) is 0 Å². The molecule has 0 rings (SSSR count). The summed E-state index contributed by atoms with van der Waals surface area (Å²) in [5.74, 6) is 0. The van der Waals surface area contributed by atoms with Gasteiger partial charge in [0.15, 0.2) is 0 Å². The van der Waals surface area contributed by atoms with Gasteiger partial charge in [0.1, 0.15) is 0 Å². The highest BCUT2D eigenvalue weighted by Crippen LogP contribution is 2.21. The third-order valence-corrected chi connectivity index (χ3v) is 5.14. The van der Waals surface area contributed by atoms with E-state index < -0.39 is 15.4 Å². The molecule has 0 aliphatic rings. The first-order valence-electron chi connectivity index (χ1n) is 8.76. The van der Waals surface area contributed by atoms with Gasteiger partial charge in [0.2, 0.25) is 0 Å². The lowest BCUT2D eigenvalue weighted by atomic mass is 10.2. The van der Waals surface area contributed by atoms with Crippen molar-refractivity contribution in [1.82, 2.24) is 5.32 Å². The van der Waals surface area contributed by atoms with Crippen LogP contribution in [0.15, 0.2) is 0 Å². The number of aliphatic hydroxyl groups is 1. The second kappa shape index (κ2) is 15.2. The maximum Gasteiger partial charge on any atom is 0.404 e. The third-order valence-electron chi connectivity index (χ3n) is 3.26. The van der Waals surface area contributed by atoms with E-state index in [0.717, 1.165) is 25.4 Å². The van der Waals surface area contributed by atoms with Crippen LogP contribution in [-0.2, 0) is 23.1 Å². The molecule has 4 N–H and O–H groups in total. The molecule has 0 bridgehead atoms. The van der Waals surface area contributed by atoms with Crippen molar-refractivity contribution in [2.24, 2.45) is 5.73 Å². The lowest BCUT2D eigenvalue weighted by molar-refractivity contribution is -0.473. The van der Waals surface area contributed by atoms with Gasteiger partial charge < -0.3 is 39.2 Å². The van der Waals surface area contributed by atoms with Crippen molar-refractivity contribution in [2.75, 3.05) is 46.6 Å². The Morgan fingerprint density at radius 1 is 1.04 bits per heavy atom. The Morgan fingerprint density at radius 3 is 2.08 bits per heavy atom. The first-order chi connectivity index (χ1) is 11.6. The summed E-state index contributed by atoms with van der Waals surface area (Å²) in [5.41, 5.74) is 6.11. The number of aliphatic hydroxyl groups excluding tert-OH is 1. The summed E-state index contributed by atoms with van der Waals surface area (Å²) in [4.78, 5) is 0. The molecule has 0 aromatic carbocycles. The van der Waals surface area contributed by atoms with Gasteiger partial charge >= 0.3 is 15.4 Å². The van der Waals surface area contributed by atoms with E-state index in [4.69, 9.17) is 33.9 Å². The highest BCUT2D eigenvalue weighted by atomic mass is 28.3. The molecule has 9 heteroatoms. The zero-order valence-corrected chi connectivity index (χ0v) is 16.7. The Morgan fingerprint density at radius 2 is 1.62 bits per heavy atom. The zero-order chi connectivity index (χ0) is 18.3. The molecule has 2 atom stereocenters. The zero-order valence-electron chi connectivity index (χ0n) is 15.6. The molecule has 0 saturated carbocycles. The van der Waals surface area contributed by atoms with Crippen LogP contribution < -0.4 is 11.1 Å². The molecule has 0 amide bonds. The van der Waals surface area contributed by atoms with Gasteiger partial charge in [-0.3, -0.25) is 0 Å². The standard InChI is InChI=1S/C15H36N2O6Si/c1-5-20-15(21-6-2,22-7-3)23-24(19-4)13-9-14(16)8-10-17-11-12-18/h14,17-18,24H,5-13,16H2,1-4H3. The molecule has 0 aliphatic carbocycles. The van der Waals surface area contributed by atoms with E-state index in [1.54, 1.807) is 7.11 Å². The molecule has 8 nitrogen and oxygen atoms in total. The SMILES string of the molecule is CCOC(OCC)(OCC)O[SiH](CCC(N)CCNCCO)OC. The molecular weight excluding hydrogens is 332 g/mol. The minimum atomic E-state index is -2.05. The van der Waals surface area contributed by atoms with Gasteiger partial charge in [-0.2, -0.15) is 0 Å². The number of nitrogens with two attached hydrogens (primary N) is 1. The van der Waals surface area contributed by atoms with Crippen molar-refractivity contribution in [3.8, 4) is 0 Å². The molecule has 0 fully saturated rings. The fourth-order valence-electron chi connectivity index (χ4n) is 2.13. The topological polar surface area (TPSA) is 104 Å². The molecule has 0 radical (unpaired) electrons. The molecule has 0 aliphatic heterocycles. The van der Waals surface area contributed by atoms with E-state index in [0.29, 0.717) is 26.4 Å². The second-order valence-corrected chi connectivity index (χ2v) is 7.33. The third kappa shape index (κ3) is 10.7. The number of hydrogen-bond acceptors (Lipinski definition) is 8. The first-order valence-corrected chi connectivity index (χ1v) is 10.5. The minimum absolute atomic E-state index is 0.0469.